The van der Waals surface area contributed by atoms with Crippen molar-refractivity contribution >= 4 is 21.7 Å². The monoisotopic (exact) mass is 412 g/mol. The molecule has 0 aromatic heterocycles. The van der Waals surface area contributed by atoms with Crippen molar-refractivity contribution in [2.24, 2.45) is 10.6 Å². The number of esters is 1. The Labute approximate surface area is 164 Å². The van der Waals surface area contributed by atoms with Crippen molar-refractivity contribution in [3.05, 3.63) is 35.6 Å². The Kier molecular flexibility index (Phi) is 6.04. The molecule has 7 nitrogen and oxygen atoms in total. The van der Waals surface area contributed by atoms with E-state index >= 15 is 0 Å². The second-order valence-electron chi connectivity index (χ2n) is 7.38. The van der Waals surface area contributed by atoms with E-state index in [0.717, 1.165) is 11.8 Å². The van der Waals surface area contributed by atoms with Gasteiger partial charge in [0.25, 0.3) is 0 Å². The van der Waals surface area contributed by atoms with E-state index in [1.807, 2.05) is 0 Å². The molecule has 0 saturated carbocycles. The van der Waals surface area contributed by atoms with Crippen molar-refractivity contribution in [1.29, 1.82) is 0 Å². The van der Waals surface area contributed by atoms with Crippen LogP contribution in [-0.2, 0) is 24.4 Å². The number of carbonyl (C=O) groups excluding carboxylic acids is 1. The van der Waals surface area contributed by atoms with Crippen molar-refractivity contribution in [2.45, 2.75) is 38.7 Å². The Morgan fingerprint density at radius 1 is 1.39 bits per heavy atom. The van der Waals surface area contributed by atoms with Crippen LogP contribution in [0.4, 0.5) is 4.39 Å². The Bertz CT molecular complexity index is 856. The average molecular weight is 412 g/mol. The molecule has 2 aliphatic rings. The maximum absolute atomic E-state index is 13.1. The standard InChI is InChI=1S/C19H25FN2O5S/c1-3-26-18(23)19(9-4-10-22(13-19)28(2,24)25)12-16-11-17(21-27-16)14-5-7-15(20)8-6-14/h5-8,16H,3-4,9-13H2,1-2H3. The maximum Gasteiger partial charge on any atom is 0.313 e. The van der Waals surface area contributed by atoms with Gasteiger partial charge in [0.15, 0.2) is 0 Å². The molecule has 0 aliphatic carbocycles. The number of nitrogens with zero attached hydrogens (tertiary/aromatic N) is 2. The first kappa shape index (κ1) is 20.7. The zero-order valence-electron chi connectivity index (χ0n) is 16.1. The van der Waals surface area contributed by atoms with Gasteiger partial charge < -0.3 is 9.57 Å². The molecule has 1 aromatic carbocycles. The van der Waals surface area contributed by atoms with Crippen LogP contribution in [0, 0.1) is 11.2 Å². The average Bonchev–Trinajstić information content (AvgIpc) is 3.10. The fraction of sp³-hybridized carbons (Fsp3) is 0.579. The summed E-state index contributed by atoms with van der Waals surface area (Å²) in [6.45, 7) is 2.42. The second kappa shape index (κ2) is 8.16. The normalized spacial score (nSPS) is 25.8. The lowest BCUT2D eigenvalue weighted by Gasteiger charge is -2.40. The van der Waals surface area contributed by atoms with Gasteiger partial charge in [-0.15, -0.1) is 0 Å². The highest BCUT2D eigenvalue weighted by molar-refractivity contribution is 7.88. The van der Waals surface area contributed by atoms with E-state index in [4.69, 9.17) is 9.57 Å². The second-order valence-corrected chi connectivity index (χ2v) is 9.36. The summed E-state index contributed by atoms with van der Waals surface area (Å²) >= 11 is 0. The Morgan fingerprint density at radius 2 is 2.11 bits per heavy atom. The molecule has 0 amide bonds. The highest BCUT2D eigenvalue weighted by Gasteiger charge is 2.48. The van der Waals surface area contributed by atoms with Crippen molar-refractivity contribution in [3.8, 4) is 0 Å². The number of sulfonamides is 1. The molecule has 0 N–H and O–H groups in total. The van der Waals surface area contributed by atoms with Crippen LogP contribution in [0.3, 0.4) is 0 Å². The number of rotatable bonds is 6. The van der Waals surface area contributed by atoms with E-state index in [1.165, 1.54) is 16.4 Å². The summed E-state index contributed by atoms with van der Waals surface area (Å²) in [7, 11) is -3.42. The predicted octanol–water partition coefficient (Wildman–Crippen LogP) is 2.31. The zero-order valence-corrected chi connectivity index (χ0v) is 16.9. The van der Waals surface area contributed by atoms with Crippen molar-refractivity contribution in [3.63, 3.8) is 0 Å². The molecule has 1 fully saturated rings. The first-order valence-electron chi connectivity index (χ1n) is 9.34. The van der Waals surface area contributed by atoms with Crippen molar-refractivity contribution < 1.29 is 27.2 Å². The van der Waals surface area contributed by atoms with E-state index in [0.29, 0.717) is 37.9 Å². The molecule has 2 atom stereocenters. The molecule has 0 bridgehead atoms. The third-order valence-electron chi connectivity index (χ3n) is 5.25. The molecule has 1 saturated heterocycles. The number of ether oxygens (including phenoxy) is 1. The quantitative estimate of drug-likeness (QED) is 0.670. The minimum atomic E-state index is -3.42. The smallest absolute Gasteiger partial charge is 0.313 e. The van der Waals surface area contributed by atoms with Crippen LogP contribution in [0.15, 0.2) is 29.4 Å². The van der Waals surface area contributed by atoms with Crippen LogP contribution in [0.5, 0.6) is 0 Å². The van der Waals surface area contributed by atoms with Gasteiger partial charge in [-0.1, -0.05) is 17.3 Å². The maximum atomic E-state index is 13.1. The first-order chi connectivity index (χ1) is 13.2. The molecule has 2 unspecified atom stereocenters. The number of halogens is 1. The fourth-order valence-corrected chi connectivity index (χ4v) is 4.80. The third kappa shape index (κ3) is 4.52. The van der Waals surface area contributed by atoms with Gasteiger partial charge in [0.05, 0.1) is 24.0 Å². The molecule has 3 rings (SSSR count). The van der Waals surface area contributed by atoms with Crippen LogP contribution in [0.2, 0.25) is 0 Å². The Balaban J connectivity index is 1.76. The van der Waals surface area contributed by atoms with E-state index in [1.54, 1.807) is 19.1 Å². The molecule has 0 spiro atoms. The van der Waals surface area contributed by atoms with Crippen LogP contribution >= 0.6 is 0 Å². The van der Waals surface area contributed by atoms with Crippen LogP contribution in [0.1, 0.15) is 38.2 Å². The lowest BCUT2D eigenvalue weighted by atomic mass is 9.75. The minimum absolute atomic E-state index is 0.0798. The van der Waals surface area contributed by atoms with Gasteiger partial charge in [-0.05, 0) is 37.5 Å². The van der Waals surface area contributed by atoms with Crippen LogP contribution in [-0.4, -0.2) is 56.5 Å². The number of hydrogen-bond acceptors (Lipinski definition) is 6. The SMILES string of the molecule is CCOC(=O)C1(CC2CC(c3ccc(F)cc3)=NO2)CCCN(S(C)(=O)=O)C1. The topological polar surface area (TPSA) is 85.3 Å². The minimum Gasteiger partial charge on any atom is -0.466 e. The number of benzene rings is 1. The van der Waals surface area contributed by atoms with E-state index in [2.05, 4.69) is 5.16 Å². The zero-order chi connectivity index (χ0) is 20.4. The molecule has 2 heterocycles. The highest BCUT2D eigenvalue weighted by Crippen LogP contribution is 2.39. The van der Waals surface area contributed by atoms with E-state index in [-0.39, 0.29) is 25.1 Å². The molecule has 2 aliphatic heterocycles. The number of oxime groups is 1. The van der Waals surface area contributed by atoms with Crippen molar-refractivity contribution in [2.75, 3.05) is 26.0 Å². The molecular formula is C19H25FN2O5S. The molecule has 1 aromatic rings. The summed E-state index contributed by atoms with van der Waals surface area (Å²) in [4.78, 5) is 18.3. The molecule has 154 valence electrons. The van der Waals surface area contributed by atoms with E-state index in [9.17, 15) is 17.6 Å². The Hall–Kier alpha value is -2.00. The molecular weight excluding hydrogens is 387 g/mol. The lowest BCUT2D eigenvalue weighted by molar-refractivity contribution is -0.160. The van der Waals surface area contributed by atoms with Crippen LogP contribution < -0.4 is 0 Å². The first-order valence-corrected chi connectivity index (χ1v) is 11.2. The lowest BCUT2D eigenvalue weighted by Crippen LogP contribution is -2.51. The van der Waals surface area contributed by atoms with Gasteiger partial charge in [0.1, 0.15) is 11.9 Å². The fourth-order valence-electron chi connectivity index (χ4n) is 3.86. The van der Waals surface area contributed by atoms with Crippen molar-refractivity contribution in [1.82, 2.24) is 4.31 Å². The number of piperidine rings is 1. The van der Waals surface area contributed by atoms with Gasteiger partial charge in [-0.2, -0.15) is 0 Å². The number of hydrogen-bond donors (Lipinski definition) is 0. The third-order valence-corrected chi connectivity index (χ3v) is 6.50. The number of carbonyl (C=O) groups is 1. The molecule has 28 heavy (non-hydrogen) atoms. The van der Waals surface area contributed by atoms with Gasteiger partial charge in [-0.3, -0.25) is 4.79 Å². The summed E-state index contributed by atoms with van der Waals surface area (Å²) in [5, 5.41) is 4.10. The summed E-state index contributed by atoms with van der Waals surface area (Å²) in [5.41, 5.74) is 0.478. The molecule has 9 heteroatoms. The van der Waals surface area contributed by atoms with Gasteiger partial charge >= 0.3 is 5.97 Å². The largest absolute Gasteiger partial charge is 0.466 e. The summed E-state index contributed by atoms with van der Waals surface area (Å²) < 4.78 is 43.8. The summed E-state index contributed by atoms with van der Waals surface area (Å²) in [6.07, 6.45) is 2.66. The summed E-state index contributed by atoms with van der Waals surface area (Å²) in [6, 6.07) is 5.98. The molecule has 0 radical (unpaired) electrons. The predicted molar refractivity (Wildman–Crippen MR) is 102 cm³/mol. The highest BCUT2D eigenvalue weighted by atomic mass is 32.2. The van der Waals surface area contributed by atoms with E-state index < -0.39 is 21.4 Å². The Morgan fingerprint density at radius 3 is 2.75 bits per heavy atom. The van der Waals surface area contributed by atoms with Gasteiger partial charge in [-0.25, -0.2) is 17.1 Å². The summed E-state index contributed by atoms with van der Waals surface area (Å²) in [5.74, 6) is -0.730. The van der Waals surface area contributed by atoms with Gasteiger partial charge in [0.2, 0.25) is 10.0 Å². The van der Waals surface area contributed by atoms with Gasteiger partial charge in [0, 0.05) is 25.9 Å². The van der Waals surface area contributed by atoms with Crippen LogP contribution in [0.25, 0.3) is 0 Å².